The van der Waals surface area contributed by atoms with Gasteiger partial charge in [0.25, 0.3) is 0 Å². The minimum atomic E-state index is -3.60. The van der Waals surface area contributed by atoms with Gasteiger partial charge in [0.1, 0.15) is 10.6 Å². The molecule has 0 amide bonds. The molecule has 0 saturated heterocycles. The lowest BCUT2D eigenvalue weighted by Crippen LogP contribution is -2.24. The Morgan fingerprint density at radius 1 is 1.32 bits per heavy atom. The maximum absolute atomic E-state index is 12.3. The number of ether oxygens (including phenoxy) is 1. The second-order valence-corrected chi connectivity index (χ2v) is 5.91. The van der Waals surface area contributed by atoms with E-state index in [4.69, 9.17) is 4.74 Å². The largest absolute Gasteiger partial charge is 0.495 e. The number of H-pyrrole nitrogens is 1. The Morgan fingerprint density at radius 2 is 2.11 bits per heavy atom. The van der Waals surface area contributed by atoms with Crippen LogP contribution >= 0.6 is 0 Å². The van der Waals surface area contributed by atoms with Crippen molar-refractivity contribution >= 4 is 10.0 Å². The molecule has 6 heteroatoms. The average Bonchev–Trinajstić information content (AvgIpc) is 2.89. The summed E-state index contributed by atoms with van der Waals surface area (Å²) in [5.41, 5.74) is 1.66. The highest BCUT2D eigenvalue weighted by atomic mass is 32.2. The molecule has 0 spiro atoms. The smallest absolute Gasteiger partial charge is 0.244 e. The van der Waals surface area contributed by atoms with Crippen LogP contribution in [0, 0.1) is 6.92 Å². The van der Waals surface area contributed by atoms with Gasteiger partial charge in [-0.1, -0.05) is 6.07 Å². The minimum Gasteiger partial charge on any atom is -0.495 e. The van der Waals surface area contributed by atoms with Crippen LogP contribution < -0.4 is 9.46 Å². The van der Waals surface area contributed by atoms with Crippen LogP contribution in [0.25, 0.3) is 0 Å². The summed E-state index contributed by atoms with van der Waals surface area (Å²) >= 11 is 0. The number of sulfonamides is 1. The monoisotopic (exact) mass is 280 g/mol. The molecule has 2 N–H and O–H groups in total. The number of benzene rings is 1. The van der Waals surface area contributed by atoms with E-state index in [9.17, 15) is 8.42 Å². The van der Waals surface area contributed by atoms with Crippen LogP contribution in [-0.4, -0.2) is 20.5 Å². The predicted molar refractivity (Wildman–Crippen MR) is 72.5 cm³/mol. The summed E-state index contributed by atoms with van der Waals surface area (Å²) in [6.45, 7) is 2.05. The Bertz CT molecular complexity index is 649. The van der Waals surface area contributed by atoms with Gasteiger partial charge in [-0.15, -0.1) is 0 Å². The van der Waals surface area contributed by atoms with Crippen molar-refractivity contribution in [2.45, 2.75) is 18.4 Å². The van der Waals surface area contributed by atoms with Crippen LogP contribution in [0.2, 0.25) is 0 Å². The van der Waals surface area contributed by atoms with E-state index in [0.717, 1.165) is 11.3 Å². The molecule has 0 aliphatic carbocycles. The molecule has 0 atom stereocenters. The van der Waals surface area contributed by atoms with Crippen molar-refractivity contribution in [3.8, 4) is 5.75 Å². The minimum absolute atomic E-state index is 0.154. The number of rotatable bonds is 5. The summed E-state index contributed by atoms with van der Waals surface area (Å²) in [5.74, 6) is 0.338. The number of nitrogens with one attached hydrogen (secondary N) is 2. The topological polar surface area (TPSA) is 71.2 Å². The van der Waals surface area contributed by atoms with E-state index in [1.54, 1.807) is 18.3 Å². The molecule has 1 aromatic heterocycles. The molecule has 1 aromatic carbocycles. The zero-order valence-corrected chi connectivity index (χ0v) is 11.6. The van der Waals surface area contributed by atoms with Crippen LogP contribution in [-0.2, 0) is 16.6 Å². The van der Waals surface area contributed by atoms with Crippen LogP contribution in [0.5, 0.6) is 5.75 Å². The lowest BCUT2D eigenvalue weighted by Gasteiger charge is -2.11. The zero-order chi connectivity index (χ0) is 13.9. The van der Waals surface area contributed by atoms with Crippen molar-refractivity contribution in [3.05, 3.63) is 47.8 Å². The molecule has 0 unspecified atom stereocenters. The van der Waals surface area contributed by atoms with Gasteiger partial charge in [-0.25, -0.2) is 13.1 Å². The predicted octanol–water partition coefficient (Wildman–Crippen LogP) is 1.81. The third kappa shape index (κ3) is 3.15. The molecule has 0 bridgehead atoms. The first-order valence-corrected chi connectivity index (χ1v) is 7.28. The van der Waals surface area contributed by atoms with E-state index in [1.807, 2.05) is 25.1 Å². The molecule has 19 heavy (non-hydrogen) atoms. The quantitative estimate of drug-likeness (QED) is 0.877. The SMILES string of the molecule is COc1ccc(C)cc1S(=O)(=O)NCc1ccc[nH]1. The van der Waals surface area contributed by atoms with Gasteiger partial charge >= 0.3 is 0 Å². The van der Waals surface area contributed by atoms with Crippen molar-refractivity contribution in [2.24, 2.45) is 0 Å². The summed E-state index contributed by atoms with van der Waals surface area (Å²) in [7, 11) is -2.14. The molecule has 1 heterocycles. The Hall–Kier alpha value is -1.79. The summed E-state index contributed by atoms with van der Waals surface area (Å²) < 4.78 is 32.1. The van der Waals surface area contributed by atoms with Crippen LogP contribution in [0.15, 0.2) is 41.4 Å². The fourth-order valence-corrected chi connectivity index (χ4v) is 2.98. The van der Waals surface area contributed by atoms with Gasteiger partial charge in [-0.3, -0.25) is 0 Å². The number of hydrogen-bond acceptors (Lipinski definition) is 3. The fraction of sp³-hybridized carbons (Fsp3) is 0.231. The Kier molecular flexibility index (Phi) is 3.92. The normalized spacial score (nSPS) is 11.5. The zero-order valence-electron chi connectivity index (χ0n) is 10.8. The van der Waals surface area contributed by atoms with Crippen molar-refractivity contribution in [1.82, 2.24) is 9.71 Å². The van der Waals surface area contributed by atoms with Gasteiger partial charge < -0.3 is 9.72 Å². The van der Waals surface area contributed by atoms with E-state index < -0.39 is 10.0 Å². The number of hydrogen-bond donors (Lipinski definition) is 2. The second kappa shape index (κ2) is 5.46. The van der Waals surface area contributed by atoms with Crippen molar-refractivity contribution in [3.63, 3.8) is 0 Å². The van der Waals surface area contributed by atoms with Crippen LogP contribution in [0.4, 0.5) is 0 Å². The average molecular weight is 280 g/mol. The van der Waals surface area contributed by atoms with Gasteiger partial charge in [-0.2, -0.15) is 0 Å². The summed E-state index contributed by atoms with van der Waals surface area (Å²) in [4.78, 5) is 3.10. The first kappa shape index (κ1) is 13.6. The summed E-state index contributed by atoms with van der Waals surface area (Å²) in [6, 6.07) is 8.68. The maximum Gasteiger partial charge on any atom is 0.244 e. The van der Waals surface area contributed by atoms with Gasteiger partial charge in [0.05, 0.1) is 13.7 Å². The van der Waals surface area contributed by atoms with Gasteiger partial charge in [0.15, 0.2) is 0 Å². The van der Waals surface area contributed by atoms with Crippen molar-refractivity contribution in [2.75, 3.05) is 7.11 Å². The molecule has 5 nitrogen and oxygen atoms in total. The van der Waals surface area contributed by atoms with E-state index in [2.05, 4.69) is 9.71 Å². The Morgan fingerprint density at radius 3 is 2.74 bits per heavy atom. The lowest BCUT2D eigenvalue weighted by atomic mass is 10.2. The number of aryl methyl sites for hydroxylation is 1. The highest BCUT2D eigenvalue weighted by Gasteiger charge is 2.19. The van der Waals surface area contributed by atoms with E-state index in [0.29, 0.717) is 5.75 Å². The molecular weight excluding hydrogens is 264 g/mol. The molecular formula is C13H16N2O3S. The number of aromatic nitrogens is 1. The maximum atomic E-state index is 12.3. The third-order valence-electron chi connectivity index (χ3n) is 2.72. The number of aromatic amines is 1. The van der Waals surface area contributed by atoms with Gasteiger partial charge in [-0.05, 0) is 36.8 Å². The number of methoxy groups -OCH3 is 1. The molecule has 102 valence electrons. The fourth-order valence-electron chi connectivity index (χ4n) is 1.72. The van der Waals surface area contributed by atoms with Crippen LogP contribution in [0.3, 0.4) is 0 Å². The van der Waals surface area contributed by atoms with E-state index >= 15 is 0 Å². The highest BCUT2D eigenvalue weighted by molar-refractivity contribution is 7.89. The molecule has 2 aromatic rings. The highest BCUT2D eigenvalue weighted by Crippen LogP contribution is 2.24. The third-order valence-corrected chi connectivity index (χ3v) is 4.15. The molecule has 0 aliphatic heterocycles. The van der Waals surface area contributed by atoms with Crippen LogP contribution in [0.1, 0.15) is 11.3 Å². The lowest BCUT2D eigenvalue weighted by molar-refractivity contribution is 0.402. The Balaban J connectivity index is 2.26. The van der Waals surface area contributed by atoms with Gasteiger partial charge in [0, 0.05) is 11.9 Å². The first-order valence-electron chi connectivity index (χ1n) is 5.79. The van der Waals surface area contributed by atoms with E-state index in [1.165, 1.54) is 7.11 Å². The molecule has 0 fully saturated rings. The second-order valence-electron chi connectivity index (χ2n) is 4.17. The molecule has 0 radical (unpaired) electrons. The van der Waals surface area contributed by atoms with Gasteiger partial charge in [0.2, 0.25) is 10.0 Å². The first-order chi connectivity index (χ1) is 9.03. The van der Waals surface area contributed by atoms with E-state index in [-0.39, 0.29) is 11.4 Å². The van der Waals surface area contributed by atoms with Crippen molar-refractivity contribution in [1.29, 1.82) is 0 Å². The van der Waals surface area contributed by atoms with Crippen molar-refractivity contribution < 1.29 is 13.2 Å². The summed E-state index contributed by atoms with van der Waals surface area (Å²) in [5, 5.41) is 0. The standard InChI is InChI=1S/C13H16N2O3S/c1-10-5-6-12(18-2)13(8-10)19(16,17)15-9-11-4-3-7-14-11/h3-8,14-15H,9H2,1-2H3. The molecule has 0 saturated carbocycles. The molecule has 0 aliphatic rings. The molecule has 2 rings (SSSR count). The Labute approximate surface area is 112 Å². The summed E-state index contributed by atoms with van der Waals surface area (Å²) in [6.07, 6.45) is 1.75.